The fourth-order valence-electron chi connectivity index (χ4n) is 3.35. The lowest BCUT2D eigenvalue weighted by Crippen LogP contribution is -2.48. The predicted molar refractivity (Wildman–Crippen MR) is 106 cm³/mol. The summed E-state index contributed by atoms with van der Waals surface area (Å²) in [6, 6.07) is 0.695. The second-order valence-electron chi connectivity index (χ2n) is 7.04. The van der Waals surface area contributed by atoms with Crippen molar-refractivity contribution in [3.63, 3.8) is 0 Å². The maximum absolute atomic E-state index is 12.1. The minimum Gasteiger partial charge on any atom is -0.354 e. The van der Waals surface area contributed by atoms with Gasteiger partial charge in [0.25, 0.3) is 0 Å². The molecule has 0 radical (unpaired) electrons. The number of aliphatic imine (C=N–C) groups is 1. The van der Waals surface area contributed by atoms with E-state index in [1.165, 1.54) is 19.3 Å². The van der Waals surface area contributed by atoms with Gasteiger partial charge in [-0.15, -0.1) is 0 Å². The summed E-state index contributed by atoms with van der Waals surface area (Å²) in [6.07, 6.45) is 8.23. The summed E-state index contributed by atoms with van der Waals surface area (Å²) in [4.78, 5) is 18.7. The Morgan fingerprint density at radius 2 is 1.88 bits per heavy atom. The minimum absolute atomic E-state index is 0.0593. The van der Waals surface area contributed by atoms with Gasteiger partial charge in [0.05, 0.1) is 6.54 Å². The number of hydrogen-bond acceptors (Lipinski definition) is 3. The molecule has 1 saturated carbocycles. The molecule has 0 saturated heterocycles. The van der Waals surface area contributed by atoms with Gasteiger partial charge in [0.15, 0.2) is 5.96 Å². The van der Waals surface area contributed by atoms with E-state index in [9.17, 15) is 4.79 Å². The molecular weight excluding hydrogens is 314 g/mol. The van der Waals surface area contributed by atoms with Crippen molar-refractivity contribution in [3.05, 3.63) is 0 Å². The zero-order valence-electron chi connectivity index (χ0n) is 16.7. The first-order valence-corrected chi connectivity index (χ1v) is 10.1. The lowest BCUT2D eigenvalue weighted by molar-refractivity contribution is -0.120. The normalized spacial score (nSPS) is 17.4. The summed E-state index contributed by atoms with van der Waals surface area (Å²) >= 11 is 0. The Morgan fingerprint density at radius 3 is 2.48 bits per heavy atom. The number of rotatable bonds is 10. The molecule has 1 aliphatic rings. The number of carbonyl (C=O) groups is 1. The third kappa shape index (κ3) is 9.68. The standard InChI is InChI=1S/C19H39N5O/c1-5-24(6-2)14-10-11-16(3)22-19(20-4)21-15-18(25)23-17-12-8-7-9-13-17/h16-17H,5-15H2,1-4H3,(H,23,25)(H2,20,21,22). The first-order valence-electron chi connectivity index (χ1n) is 10.1. The van der Waals surface area contributed by atoms with E-state index in [0.29, 0.717) is 18.0 Å². The largest absolute Gasteiger partial charge is 0.354 e. The molecular formula is C19H39N5O. The molecule has 1 fully saturated rings. The molecule has 1 unspecified atom stereocenters. The van der Waals surface area contributed by atoms with Crippen LogP contribution in [0.4, 0.5) is 0 Å². The van der Waals surface area contributed by atoms with Crippen LogP contribution in [-0.4, -0.2) is 62.1 Å². The Bertz CT molecular complexity index is 389. The minimum atomic E-state index is 0.0593. The number of nitrogens with one attached hydrogen (secondary N) is 3. The molecule has 0 aromatic rings. The van der Waals surface area contributed by atoms with Crippen LogP contribution < -0.4 is 16.0 Å². The van der Waals surface area contributed by atoms with Crippen LogP contribution in [0.25, 0.3) is 0 Å². The highest BCUT2D eigenvalue weighted by Gasteiger charge is 2.15. The number of carbonyl (C=O) groups excluding carboxylic acids is 1. The highest BCUT2D eigenvalue weighted by atomic mass is 16.2. The van der Waals surface area contributed by atoms with Crippen molar-refractivity contribution in [2.75, 3.05) is 33.2 Å². The topological polar surface area (TPSA) is 68.8 Å². The molecule has 1 rings (SSSR count). The molecule has 0 heterocycles. The molecule has 0 spiro atoms. The quantitative estimate of drug-likeness (QED) is 0.416. The third-order valence-electron chi connectivity index (χ3n) is 5.00. The molecule has 1 amide bonds. The molecule has 0 bridgehead atoms. The van der Waals surface area contributed by atoms with Gasteiger partial charge in [-0.3, -0.25) is 9.79 Å². The van der Waals surface area contributed by atoms with Crippen LogP contribution in [0.1, 0.15) is 65.7 Å². The average molecular weight is 354 g/mol. The Hall–Kier alpha value is -1.30. The van der Waals surface area contributed by atoms with E-state index in [-0.39, 0.29) is 12.5 Å². The summed E-state index contributed by atoms with van der Waals surface area (Å²) in [5, 5.41) is 9.62. The van der Waals surface area contributed by atoms with Gasteiger partial charge in [0.2, 0.25) is 5.91 Å². The van der Waals surface area contributed by atoms with Crippen molar-refractivity contribution in [1.29, 1.82) is 0 Å². The molecule has 3 N–H and O–H groups in total. The summed E-state index contributed by atoms with van der Waals surface area (Å²) < 4.78 is 0. The van der Waals surface area contributed by atoms with Crippen LogP contribution in [0.15, 0.2) is 4.99 Å². The molecule has 1 aliphatic carbocycles. The molecule has 25 heavy (non-hydrogen) atoms. The van der Waals surface area contributed by atoms with Crippen molar-refractivity contribution in [3.8, 4) is 0 Å². The van der Waals surface area contributed by atoms with E-state index < -0.39 is 0 Å². The Balaban J connectivity index is 2.20. The van der Waals surface area contributed by atoms with Gasteiger partial charge in [0.1, 0.15) is 0 Å². The number of guanidine groups is 1. The van der Waals surface area contributed by atoms with E-state index in [1.807, 2.05) is 0 Å². The third-order valence-corrected chi connectivity index (χ3v) is 5.00. The highest BCUT2D eigenvalue weighted by molar-refractivity contribution is 5.86. The van der Waals surface area contributed by atoms with Gasteiger partial charge in [-0.25, -0.2) is 0 Å². The number of hydrogen-bond donors (Lipinski definition) is 3. The van der Waals surface area contributed by atoms with Gasteiger partial charge >= 0.3 is 0 Å². The van der Waals surface area contributed by atoms with E-state index in [1.54, 1.807) is 7.05 Å². The molecule has 0 aliphatic heterocycles. The summed E-state index contributed by atoms with van der Waals surface area (Å²) in [5.41, 5.74) is 0. The van der Waals surface area contributed by atoms with Crippen LogP contribution in [-0.2, 0) is 4.79 Å². The van der Waals surface area contributed by atoms with Crippen molar-refractivity contribution in [1.82, 2.24) is 20.9 Å². The first-order chi connectivity index (χ1) is 12.1. The van der Waals surface area contributed by atoms with Crippen LogP contribution >= 0.6 is 0 Å². The second kappa shape index (κ2) is 13.0. The van der Waals surface area contributed by atoms with E-state index in [4.69, 9.17) is 0 Å². The van der Waals surface area contributed by atoms with Crippen molar-refractivity contribution < 1.29 is 4.79 Å². The predicted octanol–water partition coefficient (Wildman–Crippen LogP) is 2.11. The molecule has 1 atom stereocenters. The number of nitrogens with zero attached hydrogens (tertiary/aromatic N) is 2. The molecule has 0 aromatic carbocycles. The monoisotopic (exact) mass is 353 g/mol. The van der Waals surface area contributed by atoms with Crippen LogP contribution in [0.5, 0.6) is 0 Å². The fraction of sp³-hybridized carbons (Fsp3) is 0.895. The van der Waals surface area contributed by atoms with Crippen molar-refractivity contribution >= 4 is 11.9 Å². The summed E-state index contributed by atoms with van der Waals surface area (Å²) in [5.74, 6) is 0.762. The zero-order chi connectivity index (χ0) is 18.5. The Kier molecular flexibility index (Phi) is 11.3. The van der Waals surface area contributed by atoms with Gasteiger partial charge in [-0.05, 0) is 52.2 Å². The highest BCUT2D eigenvalue weighted by Crippen LogP contribution is 2.17. The second-order valence-corrected chi connectivity index (χ2v) is 7.04. The molecule has 0 aromatic heterocycles. The first kappa shape index (κ1) is 21.7. The fourth-order valence-corrected chi connectivity index (χ4v) is 3.35. The Morgan fingerprint density at radius 1 is 1.20 bits per heavy atom. The van der Waals surface area contributed by atoms with E-state index in [0.717, 1.165) is 45.3 Å². The maximum Gasteiger partial charge on any atom is 0.239 e. The lowest BCUT2D eigenvalue weighted by Gasteiger charge is -2.23. The van der Waals surface area contributed by atoms with Gasteiger partial charge in [-0.2, -0.15) is 0 Å². The lowest BCUT2D eigenvalue weighted by atomic mass is 9.95. The maximum atomic E-state index is 12.1. The van der Waals surface area contributed by atoms with Crippen LogP contribution in [0, 0.1) is 0 Å². The molecule has 6 heteroatoms. The Labute approximate surface area is 154 Å². The van der Waals surface area contributed by atoms with Gasteiger partial charge < -0.3 is 20.9 Å². The summed E-state index contributed by atoms with van der Waals surface area (Å²) in [7, 11) is 1.75. The van der Waals surface area contributed by atoms with Crippen molar-refractivity contribution in [2.24, 2.45) is 4.99 Å². The zero-order valence-corrected chi connectivity index (χ0v) is 16.7. The van der Waals surface area contributed by atoms with Crippen molar-refractivity contribution in [2.45, 2.75) is 77.8 Å². The SMILES string of the molecule is CCN(CC)CCCC(C)NC(=NC)NCC(=O)NC1CCCCC1. The van der Waals surface area contributed by atoms with Crippen LogP contribution in [0.2, 0.25) is 0 Å². The van der Waals surface area contributed by atoms with Crippen LogP contribution in [0.3, 0.4) is 0 Å². The van der Waals surface area contributed by atoms with Gasteiger partial charge in [-0.1, -0.05) is 33.1 Å². The smallest absolute Gasteiger partial charge is 0.239 e. The molecule has 146 valence electrons. The summed E-state index contributed by atoms with van der Waals surface area (Å²) in [6.45, 7) is 10.2. The molecule has 6 nitrogen and oxygen atoms in total. The average Bonchev–Trinajstić information content (AvgIpc) is 2.63. The van der Waals surface area contributed by atoms with E-state index >= 15 is 0 Å². The number of amides is 1. The van der Waals surface area contributed by atoms with E-state index in [2.05, 4.69) is 46.6 Å². The van der Waals surface area contributed by atoms with Gasteiger partial charge in [0, 0.05) is 19.1 Å².